The fraction of sp³-hybridized carbons (Fsp3) is 0.957. The van der Waals surface area contributed by atoms with Gasteiger partial charge in [-0.3, -0.25) is 4.79 Å². The van der Waals surface area contributed by atoms with Crippen LogP contribution in [0, 0.1) is 34.0 Å². The van der Waals surface area contributed by atoms with Gasteiger partial charge in [-0.15, -0.1) is 0 Å². The maximum Gasteiger partial charge on any atom is 0.163 e. The van der Waals surface area contributed by atoms with E-state index in [-0.39, 0.29) is 11.0 Å². The van der Waals surface area contributed by atoms with Crippen molar-refractivity contribution in [3.63, 3.8) is 0 Å². The summed E-state index contributed by atoms with van der Waals surface area (Å²) in [6.45, 7) is 11.9. The van der Waals surface area contributed by atoms with Crippen LogP contribution in [0.3, 0.4) is 0 Å². The van der Waals surface area contributed by atoms with Crippen molar-refractivity contribution in [2.75, 3.05) is 6.61 Å². The summed E-state index contributed by atoms with van der Waals surface area (Å²) in [7, 11) is 0. The standard InChI is InChI=1S/C23H36O3/c1-19(2)16-7-11-22-10-6-15(23(13-22)14-25-20(3,4)26-23)12-17(22)21(16,5)9-8-18(19)24/h15-17H,6-14H2,1-5H3/t15-,16+,17-,21+,22+,23+/m0/s1. The van der Waals surface area contributed by atoms with Gasteiger partial charge in [-0.25, -0.2) is 0 Å². The summed E-state index contributed by atoms with van der Waals surface area (Å²) in [5.74, 6) is 2.02. The highest BCUT2D eigenvalue weighted by molar-refractivity contribution is 5.85. The highest BCUT2D eigenvalue weighted by Gasteiger charge is 2.69. The Morgan fingerprint density at radius 1 is 0.962 bits per heavy atom. The van der Waals surface area contributed by atoms with Gasteiger partial charge in [0.15, 0.2) is 5.79 Å². The van der Waals surface area contributed by atoms with Crippen molar-refractivity contribution in [2.45, 2.75) is 97.4 Å². The minimum atomic E-state index is -0.427. The average molecular weight is 361 g/mol. The topological polar surface area (TPSA) is 35.5 Å². The minimum absolute atomic E-state index is 0.0402. The Morgan fingerprint density at radius 3 is 2.38 bits per heavy atom. The Balaban J connectivity index is 1.51. The van der Waals surface area contributed by atoms with E-state index in [0.717, 1.165) is 25.4 Å². The van der Waals surface area contributed by atoms with Gasteiger partial charge in [0, 0.05) is 11.8 Å². The highest BCUT2D eigenvalue weighted by Crippen LogP contribution is 2.73. The minimum Gasteiger partial charge on any atom is -0.347 e. The Labute approximate surface area is 158 Å². The van der Waals surface area contributed by atoms with Crippen molar-refractivity contribution >= 4 is 5.78 Å². The van der Waals surface area contributed by atoms with E-state index < -0.39 is 5.79 Å². The first-order valence-electron chi connectivity index (χ1n) is 10.9. The van der Waals surface area contributed by atoms with Crippen molar-refractivity contribution in [3.05, 3.63) is 0 Å². The van der Waals surface area contributed by atoms with Crippen molar-refractivity contribution in [1.82, 2.24) is 0 Å². The number of ether oxygens (including phenoxy) is 2. The van der Waals surface area contributed by atoms with Crippen LogP contribution in [-0.2, 0) is 14.3 Å². The number of hydrogen-bond acceptors (Lipinski definition) is 3. The predicted octanol–water partition coefficient (Wildman–Crippen LogP) is 5.12. The molecule has 0 amide bonds. The van der Waals surface area contributed by atoms with Crippen molar-refractivity contribution in [1.29, 1.82) is 0 Å². The zero-order valence-electron chi connectivity index (χ0n) is 17.3. The van der Waals surface area contributed by atoms with Crippen molar-refractivity contribution in [3.8, 4) is 0 Å². The van der Waals surface area contributed by atoms with Gasteiger partial charge in [0.2, 0.25) is 0 Å². The molecule has 1 heterocycles. The monoisotopic (exact) mass is 360 g/mol. The fourth-order valence-electron chi connectivity index (χ4n) is 8.64. The third kappa shape index (κ3) is 2.05. The molecule has 3 heteroatoms. The maximum atomic E-state index is 12.7. The molecule has 26 heavy (non-hydrogen) atoms. The van der Waals surface area contributed by atoms with Gasteiger partial charge < -0.3 is 9.47 Å². The molecule has 0 aromatic heterocycles. The van der Waals surface area contributed by atoms with Crippen LogP contribution in [0.25, 0.3) is 0 Å². The van der Waals surface area contributed by atoms with Crippen molar-refractivity contribution < 1.29 is 14.3 Å². The van der Waals surface area contributed by atoms with Crippen LogP contribution >= 0.6 is 0 Å². The molecule has 2 spiro atoms. The smallest absolute Gasteiger partial charge is 0.163 e. The lowest BCUT2D eigenvalue weighted by Gasteiger charge is -2.69. The lowest BCUT2D eigenvalue weighted by Crippen LogP contribution is -2.66. The second-order valence-corrected chi connectivity index (χ2v) is 11.7. The van der Waals surface area contributed by atoms with Crippen molar-refractivity contribution in [2.24, 2.45) is 34.0 Å². The quantitative estimate of drug-likeness (QED) is 0.601. The molecule has 6 rings (SSSR count). The first kappa shape index (κ1) is 17.7. The predicted molar refractivity (Wildman–Crippen MR) is 101 cm³/mol. The SMILES string of the molecule is CC1(C)OC[C@@]2(C[C@]34CC[C@H]2C[C@H]3[C@]2(C)CCC(=O)C(C)(C)[C@H]2CC4)O1. The maximum absolute atomic E-state index is 12.7. The Bertz CT molecular complexity index is 652. The summed E-state index contributed by atoms with van der Waals surface area (Å²) in [5.41, 5.74) is 0.560. The molecule has 0 aromatic carbocycles. The third-order valence-corrected chi connectivity index (χ3v) is 9.76. The van der Waals surface area contributed by atoms with Gasteiger partial charge >= 0.3 is 0 Å². The highest BCUT2D eigenvalue weighted by atomic mass is 16.8. The van der Waals surface area contributed by atoms with E-state index in [1.165, 1.54) is 38.5 Å². The van der Waals surface area contributed by atoms with Crippen LogP contribution < -0.4 is 0 Å². The Kier molecular flexibility index (Phi) is 3.36. The number of hydrogen-bond donors (Lipinski definition) is 0. The molecule has 0 radical (unpaired) electrons. The van der Waals surface area contributed by atoms with E-state index in [9.17, 15) is 4.79 Å². The van der Waals surface area contributed by atoms with E-state index in [1.54, 1.807) is 0 Å². The van der Waals surface area contributed by atoms with E-state index in [1.807, 2.05) is 0 Å². The first-order valence-corrected chi connectivity index (χ1v) is 10.9. The van der Waals surface area contributed by atoms with Gasteiger partial charge in [-0.1, -0.05) is 20.8 Å². The first-order chi connectivity index (χ1) is 12.0. The van der Waals surface area contributed by atoms with Crippen LogP contribution in [0.5, 0.6) is 0 Å². The van der Waals surface area contributed by atoms with Gasteiger partial charge in [0.25, 0.3) is 0 Å². The molecule has 6 fully saturated rings. The summed E-state index contributed by atoms with van der Waals surface area (Å²) in [5, 5.41) is 0. The molecular formula is C23H36O3. The lowest BCUT2D eigenvalue weighted by atomic mass is 9.36. The molecule has 0 aromatic rings. The van der Waals surface area contributed by atoms with Gasteiger partial charge in [-0.2, -0.15) is 0 Å². The molecule has 0 unspecified atom stereocenters. The van der Waals surface area contributed by atoms with E-state index in [4.69, 9.17) is 9.47 Å². The van der Waals surface area contributed by atoms with E-state index >= 15 is 0 Å². The molecule has 3 nitrogen and oxygen atoms in total. The molecule has 0 N–H and O–H groups in total. The largest absolute Gasteiger partial charge is 0.347 e. The molecule has 5 aliphatic carbocycles. The second-order valence-electron chi connectivity index (χ2n) is 11.7. The van der Waals surface area contributed by atoms with Crippen LogP contribution in [0.15, 0.2) is 0 Å². The summed E-state index contributed by atoms with van der Waals surface area (Å²) in [6.07, 6.45) is 9.54. The number of fused-ring (bicyclic) bond motifs is 2. The molecular weight excluding hydrogens is 324 g/mol. The summed E-state index contributed by atoms with van der Waals surface area (Å²) >= 11 is 0. The molecule has 146 valence electrons. The van der Waals surface area contributed by atoms with Crippen LogP contribution in [0.4, 0.5) is 0 Å². The lowest BCUT2D eigenvalue weighted by molar-refractivity contribution is -0.253. The number of ketones is 1. The summed E-state index contributed by atoms with van der Waals surface area (Å²) < 4.78 is 12.7. The number of carbonyl (C=O) groups is 1. The number of Topliss-reactive ketones (excluding diaryl/α,β-unsaturated/α-hetero) is 1. The van der Waals surface area contributed by atoms with E-state index in [0.29, 0.717) is 28.4 Å². The third-order valence-electron chi connectivity index (χ3n) is 9.76. The van der Waals surface area contributed by atoms with Crippen LogP contribution in [0.1, 0.15) is 86.0 Å². The summed E-state index contributed by atoms with van der Waals surface area (Å²) in [6, 6.07) is 0. The Hall–Kier alpha value is -0.410. The molecule has 5 saturated carbocycles. The zero-order chi connectivity index (χ0) is 18.6. The second kappa shape index (κ2) is 4.95. The van der Waals surface area contributed by atoms with Gasteiger partial charge in [0.05, 0.1) is 12.2 Å². The number of rotatable bonds is 0. The Morgan fingerprint density at radius 2 is 1.69 bits per heavy atom. The molecule has 2 bridgehead atoms. The molecule has 1 saturated heterocycles. The van der Waals surface area contributed by atoms with Crippen LogP contribution in [0.2, 0.25) is 0 Å². The molecule has 6 atom stereocenters. The van der Waals surface area contributed by atoms with Gasteiger partial charge in [0.1, 0.15) is 5.78 Å². The zero-order valence-corrected chi connectivity index (χ0v) is 17.3. The molecule has 6 aliphatic rings. The average Bonchev–Trinajstić information content (AvgIpc) is 2.86. The normalized spacial score (nSPS) is 54.2. The van der Waals surface area contributed by atoms with Gasteiger partial charge in [-0.05, 0) is 87.4 Å². The van der Waals surface area contributed by atoms with Crippen LogP contribution in [-0.4, -0.2) is 23.8 Å². The van der Waals surface area contributed by atoms with E-state index in [2.05, 4.69) is 34.6 Å². The summed E-state index contributed by atoms with van der Waals surface area (Å²) in [4.78, 5) is 12.7. The fourth-order valence-corrected chi connectivity index (χ4v) is 8.64. The number of carbonyl (C=O) groups excluding carboxylic acids is 1. The molecule has 1 aliphatic heterocycles.